The summed E-state index contributed by atoms with van der Waals surface area (Å²) in [6.45, 7) is 8.85. The fraction of sp³-hybridized carbons (Fsp3) is 0.857. The molecule has 1 aliphatic rings. The Labute approximate surface area is 115 Å². The second kappa shape index (κ2) is 6.37. The van der Waals surface area contributed by atoms with Gasteiger partial charge in [-0.3, -0.25) is 14.5 Å². The number of carboxylic acid groups (broad SMARTS) is 1. The molecule has 1 rings (SSSR count). The minimum Gasteiger partial charge on any atom is -0.480 e. The van der Waals surface area contributed by atoms with Crippen LogP contribution >= 0.6 is 0 Å². The molecule has 1 saturated carbocycles. The van der Waals surface area contributed by atoms with Crippen LogP contribution < -0.4 is 5.32 Å². The van der Waals surface area contributed by atoms with E-state index in [9.17, 15) is 9.59 Å². The van der Waals surface area contributed by atoms with Gasteiger partial charge >= 0.3 is 5.97 Å². The maximum atomic E-state index is 11.9. The number of nitrogens with one attached hydrogen (secondary N) is 1. The summed E-state index contributed by atoms with van der Waals surface area (Å²) < 4.78 is 0. The molecule has 1 unspecified atom stereocenters. The second-order valence-corrected chi connectivity index (χ2v) is 6.58. The summed E-state index contributed by atoms with van der Waals surface area (Å²) in [5, 5.41) is 11.9. The lowest BCUT2D eigenvalue weighted by Crippen LogP contribution is -2.46. The van der Waals surface area contributed by atoms with Gasteiger partial charge in [0, 0.05) is 12.6 Å². The van der Waals surface area contributed by atoms with Crippen LogP contribution in [0, 0.1) is 5.41 Å². The first-order valence-electron chi connectivity index (χ1n) is 6.96. The van der Waals surface area contributed by atoms with E-state index in [4.69, 9.17) is 5.11 Å². The zero-order valence-electron chi connectivity index (χ0n) is 12.4. The highest BCUT2D eigenvalue weighted by molar-refractivity contribution is 5.79. The van der Waals surface area contributed by atoms with Gasteiger partial charge in [0.2, 0.25) is 5.91 Å². The van der Waals surface area contributed by atoms with Crippen LogP contribution in [-0.2, 0) is 9.59 Å². The Morgan fingerprint density at radius 1 is 1.37 bits per heavy atom. The van der Waals surface area contributed by atoms with Crippen molar-refractivity contribution in [2.75, 3.05) is 13.1 Å². The van der Waals surface area contributed by atoms with Gasteiger partial charge in [0.1, 0.15) is 6.04 Å². The molecule has 5 heteroatoms. The molecule has 0 radical (unpaired) electrons. The summed E-state index contributed by atoms with van der Waals surface area (Å²) in [6.07, 6.45) is 2.90. The molecule has 0 spiro atoms. The lowest BCUT2D eigenvalue weighted by Gasteiger charge is -2.25. The van der Waals surface area contributed by atoms with E-state index in [1.54, 1.807) is 11.8 Å². The van der Waals surface area contributed by atoms with Crippen molar-refractivity contribution in [3.05, 3.63) is 0 Å². The number of amides is 1. The van der Waals surface area contributed by atoms with Crippen LogP contribution in [0.15, 0.2) is 0 Å². The molecule has 0 heterocycles. The van der Waals surface area contributed by atoms with E-state index < -0.39 is 12.0 Å². The minimum atomic E-state index is -0.866. The minimum absolute atomic E-state index is 0.0794. The molecule has 0 aliphatic heterocycles. The summed E-state index contributed by atoms with van der Waals surface area (Å²) in [4.78, 5) is 24.7. The lowest BCUT2D eigenvalue weighted by molar-refractivity contribution is -0.143. The van der Waals surface area contributed by atoms with Gasteiger partial charge in [0.25, 0.3) is 0 Å². The molecule has 0 bridgehead atoms. The highest BCUT2D eigenvalue weighted by Crippen LogP contribution is 2.28. The number of aliphatic carboxylic acids is 1. The first-order valence-corrected chi connectivity index (χ1v) is 6.96. The van der Waals surface area contributed by atoms with Crippen LogP contribution in [0.5, 0.6) is 0 Å². The zero-order valence-corrected chi connectivity index (χ0v) is 12.4. The topological polar surface area (TPSA) is 69.6 Å². The maximum absolute atomic E-state index is 11.9. The number of rotatable bonds is 7. The largest absolute Gasteiger partial charge is 0.480 e. The zero-order chi connectivity index (χ0) is 14.6. The Bertz CT molecular complexity index is 332. The molecule has 19 heavy (non-hydrogen) atoms. The fourth-order valence-electron chi connectivity index (χ4n) is 1.93. The van der Waals surface area contributed by atoms with Crippen molar-refractivity contribution in [1.29, 1.82) is 0 Å². The molecule has 1 atom stereocenters. The summed E-state index contributed by atoms with van der Waals surface area (Å²) in [5.41, 5.74) is 0.192. The summed E-state index contributed by atoms with van der Waals surface area (Å²) in [6, 6.07) is -0.333. The van der Waals surface area contributed by atoms with Crippen LogP contribution in [0.25, 0.3) is 0 Å². The summed E-state index contributed by atoms with van der Waals surface area (Å²) in [7, 11) is 0. The predicted octanol–water partition coefficient (Wildman–Crippen LogP) is 1.48. The van der Waals surface area contributed by atoms with E-state index in [1.807, 2.05) is 0 Å². The number of hydrogen-bond acceptors (Lipinski definition) is 3. The third kappa shape index (κ3) is 6.05. The first-order chi connectivity index (χ1) is 8.70. The molecular weight excluding hydrogens is 244 g/mol. The van der Waals surface area contributed by atoms with Crippen LogP contribution in [0.2, 0.25) is 0 Å². The van der Waals surface area contributed by atoms with Gasteiger partial charge in [-0.15, -0.1) is 0 Å². The Balaban J connectivity index is 2.38. The van der Waals surface area contributed by atoms with E-state index in [0.29, 0.717) is 6.54 Å². The van der Waals surface area contributed by atoms with Crippen molar-refractivity contribution in [1.82, 2.24) is 10.2 Å². The number of carboxylic acids is 1. The highest BCUT2D eigenvalue weighted by atomic mass is 16.4. The predicted molar refractivity (Wildman–Crippen MR) is 73.9 cm³/mol. The Morgan fingerprint density at radius 3 is 2.37 bits per heavy atom. The monoisotopic (exact) mass is 270 g/mol. The van der Waals surface area contributed by atoms with Crippen LogP contribution in [-0.4, -0.2) is 47.1 Å². The van der Waals surface area contributed by atoms with Gasteiger partial charge in [-0.2, -0.15) is 0 Å². The average molecular weight is 270 g/mol. The van der Waals surface area contributed by atoms with E-state index in [-0.39, 0.29) is 23.9 Å². The van der Waals surface area contributed by atoms with Crippen molar-refractivity contribution >= 4 is 11.9 Å². The third-order valence-corrected chi connectivity index (χ3v) is 3.39. The molecule has 0 aromatic heterocycles. The molecule has 2 N–H and O–H groups in total. The Morgan fingerprint density at radius 2 is 1.95 bits per heavy atom. The molecule has 1 aliphatic carbocycles. The van der Waals surface area contributed by atoms with E-state index in [0.717, 1.165) is 19.3 Å². The normalized spacial score (nSPS) is 17.3. The smallest absolute Gasteiger partial charge is 0.320 e. The van der Waals surface area contributed by atoms with Crippen molar-refractivity contribution in [3.63, 3.8) is 0 Å². The molecular formula is C14H26N2O3. The quantitative estimate of drug-likeness (QED) is 0.735. The van der Waals surface area contributed by atoms with Gasteiger partial charge in [-0.05, 0) is 31.6 Å². The molecule has 0 saturated heterocycles. The molecule has 1 amide bonds. The summed E-state index contributed by atoms with van der Waals surface area (Å²) in [5.74, 6) is -0.946. The highest BCUT2D eigenvalue weighted by Gasteiger charge is 2.36. The van der Waals surface area contributed by atoms with Crippen LogP contribution in [0.1, 0.15) is 47.0 Å². The second-order valence-electron chi connectivity index (χ2n) is 6.58. The Kier molecular flexibility index (Phi) is 5.35. The number of nitrogens with zero attached hydrogens (tertiary/aromatic N) is 1. The van der Waals surface area contributed by atoms with Gasteiger partial charge in [0.05, 0.1) is 6.54 Å². The third-order valence-electron chi connectivity index (χ3n) is 3.39. The summed E-state index contributed by atoms with van der Waals surface area (Å²) >= 11 is 0. The van der Waals surface area contributed by atoms with Gasteiger partial charge in [-0.25, -0.2) is 0 Å². The lowest BCUT2D eigenvalue weighted by atomic mass is 9.92. The molecule has 5 nitrogen and oxygen atoms in total. The van der Waals surface area contributed by atoms with Crippen molar-refractivity contribution < 1.29 is 14.7 Å². The van der Waals surface area contributed by atoms with Gasteiger partial charge in [-0.1, -0.05) is 20.8 Å². The molecule has 110 valence electrons. The van der Waals surface area contributed by atoms with Gasteiger partial charge < -0.3 is 10.4 Å². The number of carbonyl (C=O) groups excluding carboxylic acids is 1. The fourth-order valence-corrected chi connectivity index (χ4v) is 1.93. The molecule has 1 fully saturated rings. The van der Waals surface area contributed by atoms with Crippen LogP contribution in [0.3, 0.4) is 0 Å². The van der Waals surface area contributed by atoms with Gasteiger partial charge in [0.15, 0.2) is 0 Å². The first kappa shape index (κ1) is 16.0. The molecule has 0 aromatic rings. The standard InChI is InChI=1S/C14H26N2O3/c1-10(13(18)19)16(11-5-6-11)9-12(17)15-8-7-14(2,3)4/h10-11H,5-9H2,1-4H3,(H,15,17)(H,18,19). The average Bonchev–Trinajstić information content (AvgIpc) is 3.06. The number of hydrogen-bond donors (Lipinski definition) is 2. The van der Waals surface area contributed by atoms with Crippen LogP contribution in [0.4, 0.5) is 0 Å². The van der Waals surface area contributed by atoms with Crippen molar-refractivity contribution in [2.45, 2.75) is 59.0 Å². The Hall–Kier alpha value is -1.10. The molecule has 0 aromatic carbocycles. The van der Waals surface area contributed by atoms with Crippen molar-refractivity contribution in [3.8, 4) is 0 Å². The SMILES string of the molecule is CC(C(=O)O)N(CC(=O)NCCC(C)(C)C)C1CC1. The van der Waals surface area contributed by atoms with Crippen molar-refractivity contribution in [2.24, 2.45) is 5.41 Å². The maximum Gasteiger partial charge on any atom is 0.320 e. The van der Waals surface area contributed by atoms with E-state index >= 15 is 0 Å². The van der Waals surface area contributed by atoms with E-state index in [2.05, 4.69) is 26.1 Å². The number of carbonyl (C=O) groups is 2. The van der Waals surface area contributed by atoms with E-state index in [1.165, 1.54) is 0 Å².